The number of methoxy groups -OCH3 is 1. The van der Waals surface area contributed by atoms with E-state index < -0.39 is 0 Å². The lowest BCUT2D eigenvalue weighted by molar-refractivity contribution is 0.101. The predicted octanol–water partition coefficient (Wildman–Crippen LogP) is 4.86. The fraction of sp³-hybridized carbons (Fsp3) is 0.250. The van der Waals surface area contributed by atoms with Gasteiger partial charge in [0.1, 0.15) is 5.75 Å². The van der Waals surface area contributed by atoms with Crippen LogP contribution < -0.4 is 4.74 Å². The third kappa shape index (κ3) is 3.96. The zero-order chi connectivity index (χ0) is 18.7. The monoisotopic (exact) mass is 368 g/mol. The molecule has 0 atom stereocenters. The van der Waals surface area contributed by atoms with Crippen molar-refractivity contribution in [1.82, 2.24) is 10.2 Å². The first kappa shape index (κ1) is 18.2. The van der Waals surface area contributed by atoms with Crippen LogP contribution in [0.25, 0.3) is 11.5 Å². The van der Waals surface area contributed by atoms with E-state index >= 15 is 0 Å². The highest BCUT2D eigenvalue weighted by atomic mass is 32.2. The van der Waals surface area contributed by atoms with Crippen molar-refractivity contribution in [3.05, 3.63) is 58.7 Å². The zero-order valence-electron chi connectivity index (χ0n) is 15.2. The van der Waals surface area contributed by atoms with E-state index in [4.69, 9.17) is 9.15 Å². The minimum absolute atomic E-state index is 0.0220. The van der Waals surface area contributed by atoms with Gasteiger partial charge in [-0.3, -0.25) is 4.79 Å². The maximum atomic E-state index is 11.6. The Balaban J connectivity index is 1.77. The highest BCUT2D eigenvalue weighted by Gasteiger charge is 2.13. The van der Waals surface area contributed by atoms with Crippen molar-refractivity contribution in [2.75, 3.05) is 7.11 Å². The average molecular weight is 368 g/mol. The largest absolute Gasteiger partial charge is 0.496 e. The Hall–Kier alpha value is -2.60. The van der Waals surface area contributed by atoms with Crippen molar-refractivity contribution in [2.24, 2.45) is 0 Å². The Kier molecular flexibility index (Phi) is 5.42. The standard InChI is InChI=1S/C20H20N2O3S/c1-12-5-6-16(9-13(12)2)19-21-22-20(25-19)26-11-17-10-15(14(3)23)7-8-18(17)24-4/h5-10H,11H2,1-4H3. The van der Waals surface area contributed by atoms with Crippen LogP contribution in [0.1, 0.15) is 34.0 Å². The molecule has 0 bridgehead atoms. The van der Waals surface area contributed by atoms with Gasteiger partial charge in [0, 0.05) is 22.4 Å². The summed E-state index contributed by atoms with van der Waals surface area (Å²) >= 11 is 1.41. The topological polar surface area (TPSA) is 65.2 Å². The van der Waals surface area contributed by atoms with Gasteiger partial charge in [-0.1, -0.05) is 17.8 Å². The molecule has 2 aromatic carbocycles. The number of thioether (sulfide) groups is 1. The lowest BCUT2D eigenvalue weighted by atomic mass is 10.1. The second kappa shape index (κ2) is 7.74. The molecule has 0 amide bonds. The molecular weight excluding hydrogens is 348 g/mol. The molecule has 26 heavy (non-hydrogen) atoms. The van der Waals surface area contributed by atoms with Crippen molar-refractivity contribution >= 4 is 17.5 Å². The number of ketones is 1. The molecule has 0 spiro atoms. The summed E-state index contributed by atoms with van der Waals surface area (Å²) in [5, 5.41) is 8.73. The summed E-state index contributed by atoms with van der Waals surface area (Å²) in [6.07, 6.45) is 0. The number of Topliss-reactive ketones (excluding diaryl/α,β-unsaturated/α-hetero) is 1. The SMILES string of the molecule is COc1ccc(C(C)=O)cc1CSc1nnc(-c2ccc(C)c(C)c2)o1. The Labute approximate surface area is 156 Å². The van der Waals surface area contributed by atoms with E-state index in [1.165, 1.54) is 22.9 Å². The molecule has 3 rings (SSSR count). The van der Waals surface area contributed by atoms with E-state index in [0.717, 1.165) is 16.9 Å². The predicted molar refractivity (Wildman–Crippen MR) is 102 cm³/mol. The number of nitrogens with zero attached hydrogens (tertiary/aromatic N) is 2. The second-order valence-corrected chi connectivity index (χ2v) is 6.97. The number of rotatable bonds is 6. The number of benzene rings is 2. The molecule has 0 unspecified atom stereocenters. The van der Waals surface area contributed by atoms with Gasteiger partial charge in [-0.05, 0) is 62.2 Å². The maximum absolute atomic E-state index is 11.6. The molecule has 0 saturated heterocycles. The quantitative estimate of drug-likeness (QED) is 0.457. The Morgan fingerprint density at radius 3 is 2.62 bits per heavy atom. The van der Waals surface area contributed by atoms with Crippen molar-refractivity contribution in [3.8, 4) is 17.2 Å². The number of hydrogen-bond acceptors (Lipinski definition) is 6. The van der Waals surface area contributed by atoms with E-state index in [-0.39, 0.29) is 5.78 Å². The molecule has 0 radical (unpaired) electrons. The molecule has 0 aliphatic heterocycles. The number of carbonyl (C=O) groups is 1. The van der Waals surface area contributed by atoms with Crippen molar-refractivity contribution in [3.63, 3.8) is 0 Å². The molecule has 6 heteroatoms. The fourth-order valence-corrected chi connectivity index (χ4v) is 3.25. The highest BCUT2D eigenvalue weighted by Crippen LogP contribution is 2.30. The molecule has 0 aliphatic rings. The van der Waals surface area contributed by atoms with Crippen molar-refractivity contribution in [1.29, 1.82) is 0 Å². The summed E-state index contributed by atoms with van der Waals surface area (Å²) in [6, 6.07) is 11.5. The van der Waals surface area contributed by atoms with Crippen LogP contribution in [0.15, 0.2) is 46.0 Å². The summed E-state index contributed by atoms with van der Waals surface area (Å²) in [5.41, 5.74) is 4.88. The first-order chi connectivity index (χ1) is 12.5. The van der Waals surface area contributed by atoms with E-state index in [9.17, 15) is 4.79 Å². The summed E-state index contributed by atoms with van der Waals surface area (Å²) in [5.74, 6) is 1.82. The average Bonchev–Trinajstić information content (AvgIpc) is 3.11. The second-order valence-electron chi connectivity index (χ2n) is 6.04. The van der Waals surface area contributed by atoms with E-state index in [0.29, 0.717) is 22.4 Å². The summed E-state index contributed by atoms with van der Waals surface area (Å²) in [6.45, 7) is 5.67. The normalized spacial score (nSPS) is 10.8. The van der Waals surface area contributed by atoms with Gasteiger partial charge in [0.25, 0.3) is 5.22 Å². The van der Waals surface area contributed by atoms with Gasteiger partial charge in [0.2, 0.25) is 5.89 Å². The van der Waals surface area contributed by atoms with Crippen LogP contribution in [0.2, 0.25) is 0 Å². The maximum Gasteiger partial charge on any atom is 0.277 e. The zero-order valence-corrected chi connectivity index (χ0v) is 16.0. The molecule has 0 N–H and O–H groups in total. The third-order valence-electron chi connectivity index (χ3n) is 4.20. The summed E-state index contributed by atoms with van der Waals surface area (Å²) in [7, 11) is 1.61. The number of aryl methyl sites for hydroxylation is 2. The van der Waals surface area contributed by atoms with Gasteiger partial charge in [-0.15, -0.1) is 10.2 Å². The Morgan fingerprint density at radius 2 is 1.92 bits per heavy atom. The molecule has 134 valence electrons. The lowest BCUT2D eigenvalue weighted by Crippen LogP contribution is -1.96. The summed E-state index contributed by atoms with van der Waals surface area (Å²) < 4.78 is 11.1. The lowest BCUT2D eigenvalue weighted by Gasteiger charge is -2.08. The van der Waals surface area contributed by atoms with Gasteiger partial charge in [-0.2, -0.15) is 0 Å². The number of carbonyl (C=O) groups excluding carboxylic acids is 1. The molecular formula is C20H20N2O3S. The van der Waals surface area contributed by atoms with Crippen LogP contribution in [0.4, 0.5) is 0 Å². The molecule has 0 fully saturated rings. The molecule has 1 aromatic heterocycles. The van der Waals surface area contributed by atoms with Crippen LogP contribution in [0.3, 0.4) is 0 Å². The number of aromatic nitrogens is 2. The highest BCUT2D eigenvalue weighted by molar-refractivity contribution is 7.98. The van der Waals surface area contributed by atoms with E-state index in [1.807, 2.05) is 24.3 Å². The van der Waals surface area contributed by atoms with Gasteiger partial charge in [0.15, 0.2) is 5.78 Å². The van der Waals surface area contributed by atoms with Crippen LogP contribution >= 0.6 is 11.8 Å². The fourth-order valence-electron chi connectivity index (χ4n) is 2.51. The third-order valence-corrected chi connectivity index (χ3v) is 5.07. The van der Waals surface area contributed by atoms with Gasteiger partial charge >= 0.3 is 0 Å². The minimum Gasteiger partial charge on any atom is -0.496 e. The molecule has 1 heterocycles. The smallest absolute Gasteiger partial charge is 0.277 e. The Bertz CT molecular complexity index is 950. The van der Waals surface area contributed by atoms with Crippen molar-refractivity contribution < 1.29 is 13.9 Å². The number of ether oxygens (including phenoxy) is 1. The van der Waals surface area contributed by atoms with E-state index in [2.05, 4.69) is 24.0 Å². The molecule has 0 aliphatic carbocycles. The van der Waals surface area contributed by atoms with E-state index in [1.54, 1.807) is 26.2 Å². The minimum atomic E-state index is 0.0220. The van der Waals surface area contributed by atoms with Crippen LogP contribution in [0.5, 0.6) is 5.75 Å². The molecule has 5 nitrogen and oxygen atoms in total. The van der Waals surface area contributed by atoms with Crippen molar-refractivity contribution in [2.45, 2.75) is 31.7 Å². The van der Waals surface area contributed by atoms with Crippen LogP contribution in [-0.4, -0.2) is 23.1 Å². The number of hydrogen-bond donors (Lipinski definition) is 0. The first-order valence-electron chi connectivity index (χ1n) is 8.19. The molecule has 0 saturated carbocycles. The van der Waals surface area contributed by atoms with Crippen LogP contribution in [-0.2, 0) is 5.75 Å². The van der Waals surface area contributed by atoms with Gasteiger partial charge in [0.05, 0.1) is 7.11 Å². The van der Waals surface area contributed by atoms with Gasteiger partial charge in [-0.25, -0.2) is 0 Å². The Morgan fingerprint density at radius 1 is 1.12 bits per heavy atom. The summed E-state index contributed by atoms with van der Waals surface area (Å²) in [4.78, 5) is 11.6. The molecule has 3 aromatic rings. The first-order valence-corrected chi connectivity index (χ1v) is 9.18. The van der Waals surface area contributed by atoms with Gasteiger partial charge < -0.3 is 9.15 Å². The van der Waals surface area contributed by atoms with Crippen LogP contribution in [0, 0.1) is 13.8 Å².